The first-order valence-electron chi connectivity index (χ1n) is 7.84. The topological polar surface area (TPSA) is 35.2 Å². The molecule has 0 saturated heterocycles. The van der Waals surface area contributed by atoms with Gasteiger partial charge < -0.3 is 10.5 Å². The highest BCUT2D eigenvalue weighted by Crippen LogP contribution is 2.13. The third-order valence-electron chi connectivity index (χ3n) is 1.47. The Hall–Kier alpha value is -0.660. The molecule has 0 fully saturated rings. The maximum absolute atomic E-state index is 12.6. The second kappa shape index (κ2) is 27.6. The van der Waals surface area contributed by atoms with Crippen LogP contribution in [0, 0.1) is 5.82 Å². The van der Waals surface area contributed by atoms with Crippen molar-refractivity contribution in [3.05, 3.63) is 30.1 Å². The average Bonchev–Trinajstić information content (AvgIpc) is 2.54. The van der Waals surface area contributed by atoms with Gasteiger partial charge in [0.1, 0.15) is 17.7 Å². The molecule has 1 atom stereocenters. The van der Waals surface area contributed by atoms with Crippen LogP contribution in [0.3, 0.4) is 0 Å². The van der Waals surface area contributed by atoms with Gasteiger partial charge in [0.2, 0.25) is 0 Å². The molecule has 0 amide bonds. The summed E-state index contributed by atoms with van der Waals surface area (Å²) >= 11 is 0. The van der Waals surface area contributed by atoms with Crippen LogP contribution in [0.1, 0.15) is 48.5 Å². The van der Waals surface area contributed by atoms with Gasteiger partial charge >= 0.3 is 0 Å². The second-order valence-electron chi connectivity index (χ2n) is 3.12. The Morgan fingerprint density at radius 2 is 1.52 bits per heavy atom. The first-order valence-corrected chi connectivity index (χ1v) is 9.84. The molecule has 1 aromatic rings. The molecule has 0 saturated carbocycles. The molecule has 0 aliphatic carbocycles. The van der Waals surface area contributed by atoms with Gasteiger partial charge in [0.25, 0.3) is 0 Å². The normalized spacial score (nSPS) is 8.90. The van der Waals surface area contributed by atoms with E-state index in [0.717, 1.165) is 8.58 Å². The van der Waals surface area contributed by atoms with E-state index < -0.39 is 0 Å². The van der Waals surface area contributed by atoms with E-state index in [1.807, 2.05) is 48.5 Å². The molecule has 0 aromatic heterocycles. The van der Waals surface area contributed by atoms with E-state index in [0.29, 0.717) is 12.3 Å². The van der Waals surface area contributed by atoms with Gasteiger partial charge in [-0.25, -0.2) is 4.39 Å². The van der Waals surface area contributed by atoms with Crippen molar-refractivity contribution in [2.75, 3.05) is 19.9 Å². The van der Waals surface area contributed by atoms with Crippen LogP contribution in [0.15, 0.2) is 24.3 Å². The number of nitrogens with two attached hydrogens (primary N) is 1. The molecular weight excluding hydrogens is 284 g/mol. The lowest BCUT2D eigenvalue weighted by Gasteiger charge is -2.11. The lowest BCUT2D eigenvalue weighted by Crippen LogP contribution is -2.22. The predicted molar refractivity (Wildman–Crippen MR) is 99.8 cm³/mol. The zero-order chi connectivity index (χ0) is 17.7. The fourth-order valence-electron chi connectivity index (χ4n) is 0.821. The van der Waals surface area contributed by atoms with Gasteiger partial charge in [-0.05, 0) is 32.4 Å². The molecule has 1 aromatic carbocycles. The molecule has 1 unspecified atom stereocenters. The number of rotatable bonds is 3. The van der Waals surface area contributed by atoms with Gasteiger partial charge in [-0.3, -0.25) is 0 Å². The van der Waals surface area contributed by atoms with Crippen molar-refractivity contribution >= 4 is 8.58 Å². The standard InChI is InChI=1S/C9H12FNO.C2H7P.3C2H6/c1-7(6-11)12-9-4-2-3-8(10)5-9;1-3-2;3*1-2/h2-5,7H,6,11H2,1H3;3H,1-2H3;3*1-2H3. The summed E-state index contributed by atoms with van der Waals surface area (Å²) in [6.07, 6.45) is -0.0770. The van der Waals surface area contributed by atoms with Crippen molar-refractivity contribution in [1.82, 2.24) is 0 Å². The number of hydrogen-bond donors (Lipinski definition) is 1. The summed E-state index contributed by atoms with van der Waals surface area (Å²) in [5, 5.41) is 0. The van der Waals surface area contributed by atoms with Gasteiger partial charge in [-0.2, -0.15) is 0 Å². The quantitative estimate of drug-likeness (QED) is 0.740. The van der Waals surface area contributed by atoms with E-state index in [4.69, 9.17) is 10.5 Å². The molecule has 2 nitrogen and oxygen atoms in total. The third-order valence-corrected chi connectivity index (χ3v) is 1.47. The molecule has 4 heteroatoms. The van der Waals surface area contributed by atoms with E-state index in [2.05, 4.69) is 13.3 Å². The highest BCUT2D eigenvalue weighted by atomic mass is 31.1. The molecule has 2 N–H and O–H groups in total. The van der Waals surface area contributed by atoms with Crippen LogP contribution in [0.5, 0.6) is 5.75 Å². The van der Waals surface area contributed by atoms with Crippen LogP contribution < -0.4 is 10.5 Å². The van der Waals surface area contributed by atoms with Gasteiger partial charge in [0.15, 0.2) is 0 Å². The summed E-state index contributed by atoms with van der Waals surface area (Å²) in [4.78, 5) is 0. The summed E-state index contributed by atoms with van der Waals surface area (Å²) in [6.45, 7) is 18.6. The van der Waals surface area contributed by atoms with Crippen molar-refractivity contribution in [1.29, 1.82) is 0 Å². The Labute approximate surface area is 134 Å². The average molecular weight is 321 g/mol. The Bertz CT molecular complexity index is 273. The molecule has 0 bridgehead atoms. The Morgan fingerprint density at radius 3 is 1.86 bits per heavy atom. The van der Waals surface area contributed by atoms with E-state index >= 15 is 0 Å². The number of halogens is 1. The lowest BCUT2D eigenvalue weighted by atomic mass is 10.3. The van der Waals surface area contributed by atoms with Crippen molar-refractivity contribution in [3.63, 3.8) is 0 Å². The third kappa shape index (κ3) is 24.7. The molecular formula is C17H37FNOP. The minimum absolute atomic E-state index is 0.0770. The molecule has 21 heavy (non-hydrogen) atoms. The fraction of sp³-hybridized carbons (Fsp3) is 0.647. The van der Waals surface area contributed by atoms with Crippen LogP contribution in [-0.2, 0) is 0 Å². The van der Waals surface area contributed by atoms with Crippen molar-refractivity contribution in [2.24, 2.45) is 5.73 Å². The van der Waals surface area contributed by atoms with Crippen LogP contribution in [0.2, 0.25) is 0 Å². The first-order chi connectivity index (χ1) is 10.1. The van der Waals surface area contributed by atoms with Crippen molar-refractivity contribution < 1.29 is 9.13 Å². The van der Waals surface area contributed by atoms with Gasteiger partial charge in [-0.1, -0.05) is 47.6 Å². The van der Waals surface area contributed by atoms with Crippen molar-refractivity contribution in [2.45, 2.75) is 54.6 Å². The molecule has 1 rings (SSSR count). The van der Waals surface area contributed by atoms with Gasteiger partial charge in [-0.15, -0.1) is 8.58 Å². The fourth-order valence-corrected chi connectivity index (χ4v) is 0.821. The Morgan fingerprint density at radius 1 is 1.10 bits per heavy atom. The van der Waals surface area contributed by atoms with E-state index in [1.165, 1.54) is 12.1 Å². The maximum atomic E-state index is 12.6. The summed E-state index contributed by atoms with van der Waals surface area (Å²) in [5.41, 5.74) is 5.34. The molecule has 0 radical (unpaired) electrons. The number of hydrogen-bond acceptors (Lipinski definition) is 2. The van der Waals surface area contributed by atoms with Gasteiger partial charge in [0.05, 0.1) is 0 Å². The Kier molecular flexibility index (Phi) is 37.5. The minimum Gasteiger partial charge on any atom is -0.489 e. The van der Waals surface area contributed by atoms with E-state index in [1.54, 1.807) is 12.1 Å². The van der Waals surface area contributed by atoms with Crippen molar-refractivity contribution in [3.8, 4) is 5.75 Å². The SMILES string of the molecule is CC.CC.CC.CC(CN)Oc1cccc(F)c1.CPC. The monoisotopic (exact) mass is 321 g/mol. The summed E-state index contributed by atoms with van der Waals surface area (Å²) < 4.78 is 17.9. The number of benzene rings is 1. The summed E-state index contributed by atoms with van der Waals surface area (Å²) in [7, 11) is 1.08. The Balaban J connectivity index is -0.000000136. The minimum atomic E-state index is -0.295. The van der Waals surface area contributed by atoms with E-state index in [9.17, 15) is 4.39 Å². The van der Waals surface area contributed by atoms with Crippen LogP contribution in [0.4, 0.5) is 4.39 Å². The van der Waals surface area contributed by atoms with Crippen LogP contribution in [-0.4, -0.2) is 26.0 Å². The van der Waals surface area contributed by atoms with Gasteiger partial charge in [0, 0.05) is 12.6 Å². The molecule has 0 spiro atoms. The zero-order valence-corrected chi connectivity index (χ0v) is 16.5. The predicted octanol–water partition coefficient (Wildman–Crippen LogP) is 5.55. The molecule has 0 heterocycles. The van der Waals surface area contributed by atoms with Crippen LogP contribution >= 0.6 is 8.58 Å². The number of ether oxygens (including phenoxy) is 1. The zero-order valence-electron chi connectivity index (χ0n) is 15.5. The molecule has 0 aliphatic rings. The summed E-state index contributed by atoms with van der Waals surface area (Å²) in [5.74, 6) is 0.227. The van der Waals surface area contributed by atoms with Crippen LogP contribution in [0.25, 0.3) is 0 Å². The lowest BCUT2D eigenvalue weighted by molar-refractivity contribution is 0.229. The molecule has 0 aliphatic heterocycles. The maximum Gasteiger partial charge on any atom is 0.126 e. The van der Waals surface area contributed by atoms with E-state index in [-0.39, 0.29) is 11.9 Å². The largest absolute Gasteiger partial charge is 0.489 e. The molecule has 128 valence electrons. The second-order valence-corrected chi connectivity index (χ2v) is 4.12. The summed E-state index contributed by atoms with van der Waals surface area (Å²) in [6, 6.07) is 6.02. The highest BCUT2D eigenvalue weighted by Gasteiger charge is 2.00. The first kappa shape index (κ1) is 28.5. The smallest absolute Gasteiger partial charge is 0.126 e. The highest BCUT2D eigenvalue weighted by molar-refractivity contribution is 7.35.